The molecule has 5 aromatic rings. The van der Waals surface area contributed by atoms with Crippen LogP contribution in [0.3, 0.4) is 0 Å². The van der Waals surface area contributed by atoms with E-state index in [1.165, 1.54) is 6.07 Å². The maximum absolute atomic E-state index is 16.4. The number of benzene rings is 4. The lowest BCUT2D eigenvalue weighted by atomic mass is 9.80. The number of nitrogen functional groups attached to an aromatic ring is 1. The number of fused-ring (bicyclic) bond motifs is 2. The maximum Gasteiger partial charge on any atom is 0.351 e. The molecule has 0 saturated carbocycles. The fourth-order valence-corrected chi connectivity index (χ4v) is 5.75. The van der Waals surface area contributed by atoms with Crippen molar-refractivity contribution in [3.05, 3.63) is 119 Å². The van der Waals surface area contributed by atoms with Crippen molar-refractivity contribution in [1.82, 2.24) is 9.55 Å². The Labute approximate surface area is 228 Å². The second-order valence-corrected chi connectivity index (χ2v) is 10.2. The third-order valence-corrected chi connectivity index (χ3v) is 7.74. The Balaban J connectivity index is 1.45. The molecule has 4 aromatic carbocycles. The summed E-state index contributed by atoms with van der Waals surface area (Å²) in [5, 5.41) is 26.7. The summed E-state index contributed by atoms with van der Waals surface area (Å²) >= 11 is 0. The minimum atomic E-state index is -4.00. The van der Waals surface area contributed by atoms with Gasteiger partial charge in [-0.15, -0.1) is 0 Å². The van der Waals surface area contributed by atoms with Crippen LogP contribution in [0.2, 0.25) is 0 Å². The lowest BCUT2D eigenvalue weighted by molar-refractivity contribution is -0.189. The molecule has 1 fully saturated rings. The summed E-state index contributed by atoms with van der Waals surface area (Å²) in [5.74, 6) is -4.14. The number of alkyl halides is 2. The molecule has 7 nitrogen and oxygen atoms in total. The van der Waals surface area contributed by atoms with E-state index in [1.54, 1.807) is 30.3 Å². The number of anilines is 1. The molecule has 204 valence electrons. The third-order valence-electron chi connectivity index (χ3n) is 7.74. The van der Waals surface area contributed by atoms with E-state index < -0.39 is 42.1 Å². The molecule has 1 aliphatic rings. The van der Waals surface area contributed by atoms with Crippen molar-refractivity contribution in [1.29, 1.82) is 0 Å². The van der Waals surface area contributed by atoms with E-state index in [2.05, 4.69) is 4.98 Å². The number of nitrogens with zero attached hydrogens (tertiary/aromatic N) is 2. The van der Waals surface area contributed by atoms with Crippen LogP contribution < -0.4 is 11.4 Å². The monoisotopic (exact) mass is 543 g/mol. The number of aliphatic hydroxyl groups excluding tert-OH is 1. The zero-order valence-electron chi connectivity index (χ0n) is 21.3. The van der Waals surface area contributed by atoms with Gasteiger partial charge in [0.25, 0.3) is 0 Å². The topological polar surface area (TPSA) is 111 Å². The average molecular weight is 544 g/mol. The Morgan fingerprint density at radius 2 is 1.48 bits per heavy atom. The van der Waals surface area contributed by atoms with Gasteiger partial charge in [-0.2, -0.15) is 13.8 Å². The molecule has 9 heteroatoms. The lowest BCUT2D eigenvalue weighted by Crippen LogP contribution is -2.58. The van der Waals surface area contributed by atoms with E-state index in [0.717, 1.165) is 22.4 Å². The summed E-state index contributed by atoms with van der Waals surface area (Å²) in [6.07, 6.45) is -5.07. The molecule has 1 aromatic heterocycles. The van der Waals surface area contributed by atoms with Crippen LogP contribution in [0.1, 0.15) is 17.4 Å². The van der Waals surface area contributed by atoms with Gasteiger partial charge in [-0.3, -0.25) is 4.57 Å². The Morgan fingerprint density at radius 1 is 0.900 bits per heavy atom. The standard InChI is InChI=1S/C31H27F2N3O4/c32-31(33)28(36-16-15-26(34)35-29(36)38)40-27(25(37)17-21-11-5-9-19-7-1-3-13-23(19)21)30(31,39)18-22-12-6-10-20-8-2-4-14-24(20)22/h1-16,25,27-28,37,39H,17-18H2,(H2,34,35,38)/t25?,27-,28-,30-/m1/s1. The first-order chi connectivity index (χ1) is 19.2. The number of hydrogen-bond acceptors (Lipinski definition) is 6. The molecule has 4 atom stereocenters. The number of aromatic nitrogens is 2. The average Bonchev–Trinajstić information content (AvgIpc) is 3.14. The van der Waals surface area contributed by atoms with Crippen LogP contribution in [0, 0.1) is 0 Å². The summed E-state index contributed by atoms with van der Waals surface area (Å²) < 4.78 is 39.2. The zero-order valence-corrected chi connectivity index (χ0v) is 21.3. The largest absolute Gasteiger partial charge is 0.390 e. The maximum atomic E-state index is 16.4. The SMILES string of the molecule is Nc1ccn([C@@H]2O[C@H](C(O)Cc3cccc4ccccc34)[C@](O)(Cc3cccc4ccccc34)C2(F)F)c(=O)n1. The number of ether oxygens (including phenoxy) is 1. The van der Waals surface area contributed by atoms with Gasteiger partial charge in [0.15, 0.2) is 5.60 Å². The lowest BCUT2D eigenvalue weighted by Gasteiger charge is -2.35. The highest BCUT2D eigenvalue weighted by molar-refractivity contribution is 5.86. The van der Waals surface area contributed by atoms with Gasteiger partial charge < -0.3 is 20.7 Å². The van der Waals surface area contributed by atoms with Gasteiger partial charge in [0, 0.05) is 19.0 Å². The Hall–Kier alpha value is -4.18. The van der Waals surface area contributed by atoms with Crippen molar-refractivity contribution in [2.75, 3.05) is 5.73 Å². The van der Waals surface area contributed by atoms with Crippen LogP contribution in [-0.2, 0) is 17.6 Å². The number of nitrogens with two attached hydrogens (primary N) is 1. The van der Waals surface area contributed by atoms with Gasteiger partial charge in [-0.25, -0.2) is 4.79 Å². The van der Waals surface area contributed by atoms with Gasteiger partial charge in [0.05, 0.1) is 6.10 Å². The summed E-state index contributed by atoms with van der Waals surface area (Å²) in [6.45, 7) is 0. The van der Waals surface area contributed by atoms with Crippen LogP contribution in [-0.4, -0.2) is 43.5 Å². The van der Waals surface area contributed by atoms with E-state index >= 15 is 8.78 Å². The van der Waals surface area contributed by atoms with Crippen molar-refractivity contribution in [3.8, 4) is 0 Å². The molecule has 0 radical (unpaired) electrons. The zero-order chi connectivity index (χ0) is 28.1. The fraction of sp³-hybridized carbons (Fsp3) is 0.226. The first-order valence-electron chi connectivity index (χ1n) is 12.9. The second-order valence-electron chi connectivity index (χ2n) is 10.2. The molecule has 40 heavy (non-hydrogen) atoms. The molecule has 1 saturated heterocycles. The molecular weight excluding hydrogens is 516 g/mol. The van der Waals surface area contributed by atoms with E-state index in [0.29, 0.717) is 21.1 Å². The molecular formula is C31H27F2N3O4. The molecule has 6 rings (SSSR count). The molecule has 0 spiro atoms. The smallest absolute Gasteiger partial charge is 0.351 e. The van der Waals surface area contributed by atoms with Gasteiger partial charge in [-0.05, 0) is 38.7 Å². The van der Waals surface area contributed by atoms with Gasteiger partial charge in [0.2, 0.25) is 6.23 Å². The van der Waals surface area contributed by atoms with Crippen LogP contribution in [0.5, 0.6) is 0 Å². The first kappa shape index (κ1) is 26.1. The van der Waals surface area contributed by atoms with Crippen molar-refractivity contribution in [2.24, 2.45) is 0 Å². The molecule has 0 bridgehead atoms. The van der Waals surface area contributed by atoms with Crippen LogP contribution in [0.15, 0.2) is 102 Å². The first-order valence-corrected chi connectivity index (χ1v) is 12.9. The van der Waals surface area contributed by atoms with Crippen LogP contribution in [0.25, 0.3) is 21.5 Å². The summed E-state index contributed by atoms with van der Waals surface area (Å²) in [5.41, 5.74) is 2.79. The Bertz CT molecular complexity index is 1760. The third kappa shape index (κ3) is 4.23. The number of aliphatic hydroxyl groups is 2. The minimum absolute atomic E-state index is 0.0679. The van der Waals surface area contributed by atoms with E-state index in [9.17, 15) is 15.0 Å². The highest BCUT2D eigenvalue weighted by Gasteiger charge is 2.71. The normalized spacial score (nSPS) is 23.0. The highest BCUT2D eigenvalue weighted by atomic mass is 19.3. The molecule has 2 heterocycles. The molecule has 1 aliphatic heterocycles. The molecule has 1 unspecified atom stereocenters. The number of rotatable bonds is 6. The Kier molecular flexibility index (Phi) is 6.37. The highest BCUT2D eigenvalue weighted by Crippen LogP contribution is 2.52. The second kappa shape index (κ2) is 9.78. The predicted molar refractivity (Wildman–Crippen MR) is 148 cm³/mol. The summed E-state index contributed by atoms with van der Waals surface area (Å²) in [7, 11) is 0. The van der Waals surface area contributed by atoms with Gasteiger partial charge in [-0.1, -0.05) is 84.9 Å². The number of hydrogen-bond donors (Lipinski definition) is 3. The quantitative estimate of drug-likeness (QED) is 0.296. The minimum Gasteiger partial charge on any atom is -0.390 e. The van der Waals surface area contributed by atoms with Crippen molar-refractivity contribution in [2.45, 2.75) is 42.8 Å². The molecule has 4 N–H and O–H groups in total. The van der Waals surface area contributed by atoms with E-state index in [-0.39, 0.29) is 12.2 Å². The van der Waals surface area contributed by atoms with Crippen LogP contribution in [0.4, 0.5) is 14.6 Å². The number of halogens is 2. The van der Waals surface area contributed by atoms with E-state index in [4.69, 9.17) is 10.5 Å². The van der Waals surface area contributed by atoms with Crippen molar-refractivity contribution >= 4 is 27.4 Å². The summed E-state index contributed by atoms with van der Waals surface area (Å²) in [6, 6.07) is 26.8. The van der Waals surface area contributed by atoms with E-state index in [1.807, 2.05) is 54.6 Å². The van der Waals surface area contributed by atoms with Gasteiger partial charge in [0.1, 0.15) is 11.9 Å². The van der Waals surface area contributed by atoms with Crippen LogP contribution >= 0.6 is 0 Å². The molecule has 0 aliphatic carbocycles. The summed E-state index contributed by atoms with van der Waals surface area (Å²) in [4.78, 5) is 16.1. The Morgan fingerprint density at radius 3 is 2.12 bits per heavy atom. The van der Waals surface area contributed by atoms with Crippen molar-refractivity contribution < 1.29 is 23.7 Å². The van der Waals surface area contributed by atoms with Gasteiger partial charge >= 0.3 is 11.6 Å². The fourth-order valence-electron chi connectivity index (χ4n) is 5.75. The van der Waals surface area contributed by atoms with Crippen molar-refractivity contribution in [3.63, 3.8) is 0 Å². The predicted octanol–water partition coefficient (Wildman–Crippen LogP) is 4.24. The molecule has 0 amide bonds.